The van der Waals surface area contributed by atoms with E-state index < -0.39 is 0 Å². The molecule has 1 aliphatic heterocycles. The summed E-state index contributed by atoms with van der Waals surface area (Å²) in [6.07, 6.45) is 7.37. The van der Waals surface area contributed by atoms with Gasteiger partial charge in [-0.2, -0.15) is 0 Å². The Kier molecular flexibility index (Phi) is 3.53. The zero-order valence-electron chi connectivity index (χ0n) is 10.6. The van der Waals surface area contributed by atoms with Gasteiger partial charge in [0.05, 0.1) is 0 Å². The molecule has 1 saturated carbocycles. The van der Waals surface area contributed by atoms with Crippen molar-refractivity contribution in [3.63, 3.8) is 0 Å². The first kappa shape index (κ1) is 11.9. The largest absolute Gasteiger partial charge is 0.349 e. The average Bonchev–Trinajstić information content (AvgIpc) is 2.30. The molecule has 1 saturated heterocycles. The lowest BCUT2D eigenvalue weighted by atomic mass is 9.65. The molecule has 1 aliphatic carbocycles. The van der Waals surface area contributed by atoms with Crippen LogP contribution in [0, 0.1) is 11.3 Å². The quantitative estimate of drug-likeness (QED) is 0.734. The summed E-state index contributed by atoms with van der Waals surface area (Å²) >= 11 is 0. The number of rotatable bonds is 1. The summed E-state index contributed by atoms with van der Waals surface area (Å²) in [4.78, 5) is 13.6. The number of carbonyl (C=O) groups is 1. The van der Waals surface area contributed by atoms with Crippen molar-refractivity contribution in [2.24, 2.45) is 11.3 Å². The Bertz CT molecular complexity index is 247. The lowest BCUT2D eigenvalue weighted by molar-refractivity contribution is -0.135. The zero-order valence-corrected chi connectivity index (χ0v) is 10.6. The number of hydrogen-bond acceptors (Lipinski definition) is 2. The van der Waals surface area contributed by atoms with E-state index in [2.05, 4.69) is 5.32 Å². The Morgan fingerprint density at radius 1 is 1.12 bits per heavy atom. The lowest BCUT2D eigenvalue weighted by Crippen LogP contribution is -2.41. The molecule has 0 atom stereocenters. The molecule has 16 heavy (non-hydrogen) atoms. The molecule has 2 rings (SSSR count). The minimum atomic E-state index is 0.301. The van der Waals surface area contributed by atoms with Gasteiger partial charge in [-0.25, -0.2) is 0 Å². The molecule has 0 bridgehead atoms. The predicted molar refractivity (Wildman–Crippen MR) is 65.2 cm³/mol. The van der Waals surface area contributed by atoms with E-state index in [0.717, 1.165) is 12.8 Å². The molecule has 0 aromatic rings. The van der Waals surface area contributed by atoms with Gasteiger partial charge in [-0.15, -0.1) is 0 Å². The second-order valence-corrected chi connectivity index (χ2v) is 5.76. The van der Waals surface area contributed by atoms with Gasteiger partial charge in [-0.1, -0.05) is 0 Å². The second kappa shape index (κ2) is 4.74. The van der Waals surface area contributed by atoms with E-state index >= 15 is 0 Å². The minimum Gasteiger partial charge on any atom is -0.349 e. The molecule has 1 spiro atoms. The number of amides is 1. The molecule has 0 aromatic carbocycles. The summed E-state index contributed by atoms with van der Waals surface area (Å²) in [6, 6.07) is 0. The molecule has 1 N–H and O–H groups in total. The number of nitrogens with zero attached hydrogens (tertiary/aromatic N) is 1. The van der Waals surface area contributed by atoms with Crippen LogP contribution in [0.15, 0.2) is 0 Å². The van der Waals surface area contributed by atoms with Gasteiger partial charge in [0.2, 0.25) is 5.91 Å². The minimum absolute atomic E-state index is 0.301. The van der Waals surface area contributed by atoms with Crippen molar-refractivity contribution in [3.8, 4) is 0 Å². The summed E-state index contributed by atoms with van der Waals surface area (Å²) in [5.74, 6) is 0.638. The highest BCUT2D eigenvalue weighted by atomic mass is 16.2. The number of hydrogen-bond donors (Lipinski definition) is 1. The standard InChI is InChI=1S/C13H24N2O/c1-15(2)12(16)11-3-5-13(6-4-11)7-9-14-10-8-13/h11,14H,3-10H2,1-2H3. The summed E-state index contributed by atoms with van der Waals surface area (Å²) in [5, 5.41) is 3.43. The van der Waals surface area contributed by atoms with Gasteiger partial charge < -0.3 is 10.2 Å². The zero-order chi connectivity index (χ0) is 11.6. The third-order valence-corrected chi connectivity index (χ3v) is 4.50. The fourth-order valence-corrected chi connectivity index (χ4v) is 3.30. The van der Waals surface area contributed by atoms with Gasteiger partial charge in [-0.3, -0.25) is 4.79 Å². The fourth-order valence-electron chi connectivity index (χ4n) is 3.30. The molecule has 0 aromatic heterocycles. The smallest absolute Gasteiger partial charge is 0.225 e. The first-order valence-electron chi connectivity index (χ1n) is 6.55. The van der Waals surface area contributed by atoms with Gasteiger partial charge in [0.1, 0.15) is 0 Å². The first-order valence-corrected chi connectivity index (χ1v) is 6.55. The third kappa shape index (κ3) is 2.40. The summed E-state index contributed by atoms with van der Waals surface area (Å²) < 4.78 is 0. The molecule has 1 heterocycles. The normalized spacial score (nSPS) is 25.6. The summed E-state index contributed by atoms with van der Waals surface area (Å²) in [5.41, 5.74) is 0.578. The van der Waals surface area contributed by atoms with Gasteiger partial charge in [0.15, 0.2) is 0 Å². The van der Waals surface area contributed by atoms with E-state index in [0.29, 0.717) is 17.2 Å². The van der Waals surface area contributed by atoms with Crippen molar-refractivity contribution in [2.45, 2.75) is 38.5 Å². The van der Waals surface area contributed by atoms with Crippen molar-refractivity contribution < 1.29 is 4.79 Å². The Hall–Kier alpha value is -0.570. The van der Waals surface area contributed by atoms with Crippen LogP contribution in [0.25, 0.3) is 0 Å². The van der Waals surface area contributed by atoms with Crippen LogP contribution in [-0.4, -0.2) is 38.0 Å². The van der Waals surface area contributed by atoms with Crippen molar-refractivity contribution in [1.82, 2.24) is 10.2 Å². The highest BCUT2D eigenvalue weighted by Gasteiger charge is 2.38. The van der Waals surface area contributed by atoms with Gasteiger partial charge in [-0.05, 0) is 57.0 Å². The van der Waals surface area contributed by atoms with Crippen LogP contribution in [-0.2, 0) is 4.79 Å². The second-order valence-electron chi connectivity index (χ2n) is 5.76. The van der Waals surface area contributed by atoms with E-state index in [9.17, 15) is 4.79 Å². The Labute approximate surface area is 98.6 Å². The average molecular weight is 224 g/mol. The Balaban J connectivity index is 1.88. The molecular weight excluding hydrogens is 200 g/mol. The highest BCUT2D eigenvalue weighted by molar-refractivity contribution is 5.78. The first-order chi connectivity index (χ1) is 7.63. The topological polar surface area (TPSA) is 32.3 Å². The van der Waals surface area contributed by atoms with Crippen LogP contribution in [0.1, 0.15) is 38.5 Å². The molecule has 2 aliphatic rings. The van der Waals surface area contributed by atoms with Crippen molar-refractivity contribution in [1.29, 1.82) is 0 Å². The van der Waals surface area contributed by atoms with E-state index in [1.165, 1.54) is 38.8 Å². The molecule has 0 radical (unpaired) electrons. The van der Waals surface area contributed by atoms with Crippen LogP contribution in [0.3, 0.4) is 0 Å². The molecule has 3 nitrogen and oxygen atoms in total. The van der Waals surface area contributed by atoms with E-state index in [4.69, 9.17) is 0 Å². The van der Waals surface area contributed by atoms with Crippen LogP contribution in [0.5, 0.6) is 0 Å². The predicted octanol–water partition coefficient (Wildman–Crippen LogP) is 1.63. The van der Waals surface area contributed by atoms with Crippen LogP contribution >= 0.6 is 0 Å². The molecule has 92 valence electrons. The maximum atomic E-state index is 11.9. The maximum absolute atomic E-state index is 11.9. The van der Waals surface area contributed by atoms with Gasteiger partial charge in [0.25, 0.3) is 0 Å². The molecule has 3 heteroatoms. The van der Waals surface area contributed by atoms with Gasteiger partial charge in [0, 0.05) is 20.0 Å². The van der Waals surface area contributed by atoms with E-state index in [1.54, 1.807) is 4.90 Å². The fraction of sp³-hybridized carbons (Fsp3) is 0.923. The molecule has 2 fully saturated rings. The van der Waals surface area contributed by atoms with Crippen molar-refractivity contribution in [3.05, 3.63) is 0 Å². The highest BCUT2D eigenvalue weighted by Crippen LogP contribution is 2.45. The van der Waals surface area contributed by atoms with E-state index in [-0.39, 0.29) is 0 Å². The summed E-state index contributed by atoms with van der Waals surface area (Å²) in [7, 11) is 3.74. The summed E-state index contributed by atoms with van der Waals surface area (Å²) in [6.45, 7) is 2.35. The number of carbonyl (C=O) groups excluding carboxylic acids is 1. The molecule has 1 amide bonds. The van der Waals surface area contributed by atoms with Crippen molar-refractivity contribution in [2.75, 3.05) is 27.2 Å². The van der Waals surface area contributed by atoms with E-state index in [1.807, 2.05) is 14.1 Å². The Morgan fingerprint density at radius 3 is 2.19 bits per heavy atom. The van der Waals surface area contributed by atoms with Crippen molar-refractivity contribution >= 4 is 5.91 Å². The monoisotopic (exact) mass is 224 g/mol. The number of nitrogens with one attached hydrogen (secondary N) is 1. The lowest BCUT2D eigenvalue weighted by Gasteiger charge is -2.43. The third-order valence-electron chi connectivity index (χ3n) is 4.50. The Morgan fingerprint density at radius 2 is 1.69 bits per heavy atom. The SMILES string of the molecule is CN(C)C(=O)C1CCC2(CCNCC2)CC1. The molecular formula is C13H24N2O. The van der Waals surface area contributed by atoms with Gasteiger partial charge >= 0.3 is 0 Å². The molecule has 0 unspecified atom stereocenters. The van der Waals surface area contributed by atoms with Crippen LogP contribution < -0.4 is 5.32 Å². The van der Waals surface area contributed by atoms with Crippen LogP contribution in [0.2, 0.25) is 0 Å². The van der Waals surface area contributed by atoms with Crippen LogP contribution in [0.4, 0.5) is 0 Å². The number of piperidine rings is 1. The maximum Gasteiger partial charge on any atom is 0.225 e.